The van der Waals surface area contributed by atoms with Crippen LogP contribution in [0.2, 0.25) is 0 Å². The van der Waals surface area contributed by atoms with Gasteiger partial charge in [0.15, 0.2) is 5.82 Å². The lowest BCUT2D eigenvalue weighted by Gasteiger charge is -2.06. The maximum atomic E-state index is 5.05. The Morgan fingerprint density at radius 2 is 1.43 bits per heavy atom. The molecular formula is C26H15BrN2S. The molecule has 0 spiro atoms. The summed E-state index contributed by atoms with van der Waals surface area (Å²) in [7, 11) is 0. The van der Waals surface area contributed by atoms with Gasteiger partial charge in [0.25, 0.3) is 0 Å². The molecule has 0 bridgehead atoms. The van der Waals surface area contributed by atoms with Crippen molar-refractivity contribution in [2.75, 3.05) is 0 Å². The predicted octanol–water partition coefficient (Wildman–Crippen LogP) is 8.09. The van der Waals surface area contributed by atoms with Gasteiger partial charge in [-0.1, -0.05) is 78.9 Å². The van der Waals surface area contributed by atoms with E-state index in [-0.39, 0.29) is 0 Å². The summed E-state index contributed by atoms with van der Waals surface area (Å²) in [5, 5.41) is 3.67. The van der Waals surface area contributed by atoms with Crippen molar-refractivity contribution in [1.29, 1.82) is 0 Å². The summed E-state index contributed by atoms with van der Waals surface area (Å²) in [5.74, 6) is 0.736. The first-order valence-electron chi connectivity index (χ1n) is 9.71. The monoisotopic (exact) mass is 466 g/mol. The van der Waals surface area contributed by atoms with Crippen LogP contribution in [0, 0.1) is 0 Å². The van der Waals surface area contributed by atoms with Crippen molar-refractivity contribution in [3.05, 3.63) is 95.6 Å². The number of thiophene rings is 1. The van der Waals surface area contributed by atoms with E-state index in [2.05, 4.69) is 101 Å². The van der Waals surface area contributed by atoms with Crippen molar-refractivity contribution >= 4 is 58.3 Å². The fourth-order valence-corrected chi connectivity index (χ4v) is 5.61. The first-order valence-corrected chi connectivity index (χ1v) is 11.3. The fourth-order valence-electron chi connectivity index (χ4n) is 3.97. The molecule has 0 saturated heterocycles. The van der Waals surface area contributed by atoms with Crippen molar-refractivity contribution in [3.8, 4) is 22.5 Å². The van der Waals surface area contributed by atoms with E-state index in [4.69, 9.17) is 9.97 Å². The van der Waals surface area contributed by atoms with Crippen molar-refractivity contribution < 1.29 is 0 Å². The zero-order chi connectivity index (χ0) is 20.1. The third kappa shape index (κ3) is 2.83. The van der Waals surface area contributed by atoms with Gasteiger partial charge >= 0.3 is 0 Å². The van der Waals surface area contributed by atoms with Crippen molar-refractivity contribution in [2.24, 2.45) is 0 Å². The number of hydrogen-bond donors (Lipinski definition) is 0. The zero-order valence-corrected chi connectivity index (χ0v) is 18.2. The third-order valence-electron chi connectivity index (χ3n) is 5.39. The Morgan fingerprint density at radius 1 is 0.667 bits per heavy atom. The first-order chi connectivity index (χ1) is 14.8. The van der Waals surface area contributed by atoms with Crippen LogP contribution in [0.4, 0.5) is 0 Å². The van der Waals surface area contributed by atoms with Gasteiger partial charge in [0.05, 0.1) is 10.2 Å². The molecule has 0 saturated carbocycles. The molecule has 2 nitrogen and oxygen atoms in total. The second-order valence-corrected chi connectivity index (χ2v) is 9.03. The highest BCUT2D eigenvalue weighted by Crippen LogP contribution is 2.41. The minimum absolute atomic E-state index is 0.736. The molecule has 0 unspecified atom stereocenters. The Kier molecular flexibility index (Phi) is 4.15. The van der Waals surface area contributed by atoms with Gasteiger partial charge in [-0.15, -0.1) is 11.3 Å². The number of nitrogens with zero attached hydrogens (tertiary/aromatic N) is 2. The average Bonchev–Trinajstić information content (AvgIpc) is 3.20. The molecule has 0 atom stereocenters. The van der Waals surface area contributed by atoms with Crippen molar-refractivity contribution in [3.63, 3.8) is 0 Å². The molecule has 0 radical (unpaired) electrons. The normalized spacial score (nSPS) is 11.5. The van der Waals surface area contributed by atoms with Crippen LogP contribution < -0.4 is 0 Å². The third-order valence-corrected chi connectivity index (χ3v) is 7.38. The van der Waals surface area contributed by atoms with E-state index in [1.165, 1.54) is 26.4 Å². The molecule has 0 aliphatic rings. The summed E-state index contributed by atoms with van der Waals surface area (Å²) in [6, 6.07) is 31.7. The van der Waals surface area contributed by atoms with Crippen LogP contribution in [0.1, 0.15) is 0 Å². The number of halogens is 1. The lowest BCUT2D eigenvalue weighted by Crippen LogP contribution is -1.91. The Labute approximate surface area is 186 Å². The van der Waals surface area contributed by atoms with Crippen LogP contribution in [0.25, 0.3) is 53.6 Å². The van der Waals surface area contributed by atoms with Gasteiger partial charge in [0.1, 0.15) is 4.60 Å². The van der Waals surface area contributed by atoms with Gasteiger partial charge in [-0.2, -0.15) is 0 Å². The van der Waals surface area contributed by atoms with Crippen molar-refractivity contribution in [1.82, 2.24) is 9.97 Å². The molecular weight excluding hydrogens is 452 g/mol. The molecule has 0 amide bonds. The molecule has 4 aromatic carbocycles. The van der Waals surface area contributed by atoms with Crippen LogP contribution in [0.5, 0.6) is 0 Å². The summed E-state index contributed by atoms with van der Waals surface area (Å²) in [6.45, 7) is 0. The zero-order valence-electron chi connectivity index (χ0n) is 15.8. The van der Waals surface area contributed by atoms with Gasteiger partial charge in [0, 0.05) is 15.6 Å². The Bertz CT molecular complexity index is 1550. The number of aromatic nitrogens is 2. The van der Waals surface area contributed by atoms with Crippen LogP contribution in [0.15, 0.2) is 95.6 Å². The van der Waals surface area contributed by atoms with E-state index in [1.807, 2.05) is 6.07 Å². The number of benzene rings is 4. The van der Waals surface area contributed by atoms with E-state index in [1.54, 1.807) is 11.3 Å². The Hall–Kier alpha value is -3.08. The average molecular weight is 467 g/mol. The lowest BCUT2D eigenvalue weighted by molar-refractivity contribution is 1.21. The molecule has 2 heterocycles. The maximum Gasteiger partial charge on any atom is 0.161 e. The van der Waals surface area contributed by atoms with Crippen LogP contribution in [-0.4, -0.2) is 9.97 Å². The summed E-state index contributed by atoms with van der Waals surface area (Å²) >= 11 is 5.45. The van der Waals surface area contributed by atoms with Gasteiger partial charge < -0.3 is 0 Å². The molecule has 2 aromatic heterocycles. The maximum absolute atomic E-state index is 5.05. The number of hydrogen-bond acceptors (Lipinski definition) is 3. The van der Waals surface area contributed by atoms with E-state index >= 15 is 0 Å². The minimum atomic E-state index is 0.736. The second kappa shape index (κ2) is 7.01. The van der Waals surface area contributed by atoms with E-state index in [0.29, 0.717) is 0 Å². The van der Waals surface area contributed by atoms with E-state index in [9.17, 15) is 0 Å². The fraction of sp³-hybridized carbons (Fsp3) is 0. The summed E-state index contributed by atoms with van der Waals surface area (Å²) in [6.07, 6.45) is 0. The molecule has 0 aliphatic carbocycles. The molecule has 6 aromatic rings. The molecule has 4 heteroatoms. The van der Waals surface area contributed by atoms with E-state index < -0.39 is 0 Å². The standard InChI is InChI=1S/C26H15BrN2S/c27-25-24-23(22-20-12-5-4-9-17(20)13-14-21(22)30-24)28-26(29-25)19-11-6-10-18(15-19)16-7-2-1-3-8-16/h1-15H. The quantitative estimate of drug-likeness (QED) is 0.241. The summed E-state index contributed by atoms with van der Waals surface area (Å²) in [5.41, 5.74) is 4.37. The topological polar surface area (TPSA) is 25.8 Å². The SMILES string of the molecule is Brc1nc(-c2cccc(-c3ccccc3)c2)nc2c1sc1ccc3ccccc3c12. The molecule has 0 aliphatic heterocycles. The molecule has 30 heavy (non-hydrogen) atoms. The van der Waals surface area contributed by atoms with Gasteiger partial charge in [-0.3, -0.25) is 0 Å². The summed E-state index contributed by atoms with van der Waals surface area (Å²) in [4.78, 5) is 9.85. The van der Waals surface area contributed by atoms with Crippen LogP contribution in [-0.2, 0) is 0 Å². The number of rotatable bonds is 2. The largest absolute Gasteiger partial charge is 0.226 e. The van der Waals surface area contributed by atoms with E-state index in [0.717, 1.165) is 31.8 Å². The Morgan fingerprint density at radius 3 is 2.33 bits per heavy atom. The highest BCUT2D eigenvalue weighted by molar-refractivity contribution is 9.10. The predicted molar refractivity (Wildman–Crippen MR) is 131 cm³/mol. The van der Waals surface area contributed by atoms with Crippen LogP contribution >= 0.6 is 27.3 Å². The molecule has 142 valence electrons. The first kappa shape index (κ1) is 17.8. The number of fused-ring (bicyclic) bond motifs is 5. The van der Waals surface area contributed by atoms with Gasteiger partial charge in [-0.25, -0.2) is 9.97 Å². The van der Waals surface area contributed by atoms with Gasteiger partial charge in [0.2, 0.25) is 0 Å². The minimum Gasteiger partial charge on any atom is -0.226 e. The lowest BCUT2D eigenvalue weighted by atomic mass is 10.0. The highest BCUT2D eigenvalue weighted by Gasteiger charge is 2.16. The van der Waals surface area contributed by atoms with Gasteiger partial charge in [-0.05, 0) is 50.0 Å². The van der Waals surface area contributed by atoms with Crippen molar-refractivity contribution in [2.45, 2.75) is 0 Å². The second-order valence-electron chi connectivity index (χ2n) is 7.22. The molecule has 0 fully saturated rings. The highest BCUT2D eigenvalue weighted by atomic mass is 79.9. The Balaban J connectivity index is 1.61. The summed E-state index contributed by atoms with van der Waals surface area (Å²) < 4.78 is 3.16. The smallest absolute Gasteiger partial charge is 0.161 e. The molecule has 0 N–H and O–H groups in total. The van der Waals surface area contributed by atoms with Crippen LogP contribution in [0.3, 0.4) is 0 Å². The molecule has 6 rings (SSSR count).